The van der Waals surface area contributed by atoms with Crippen LogP contribution < -0.4 is 19.5 Å². The number of aromatic nitrogens is 1. The van der Waals surface area contributed by atoms with Gasteiger partial charge in [0.1, 0.15) is 22.2 Å². The Bertz CT molecular complexity index is 1150. The molecule has 2 unspecified atom stereocenters. The molecule has 32 heavy (non-hydrogen) atoms. The minimum atomic E-state index is -0.693. The second-order valence-electron chi connectivity index (χ2n) is 7.34. The van der Waals surface area contributed by atoms with Crippen LogP contribution in [0.15, 0.2) is 58.4 Å². The van der Waals surface area contributed by atoms with Gasteiger partial charge in [0, 0.05) is 12.1 Å². The summed E-state index contributed by atoms with van der Waals surface area (Å²) in [7, 11) is 3.23. The fourth-order valence-electron chi connectivity index (χ4n) is 3.41. The first kappa shape index (κ1) is 22.1. The van der Waals surface area contributed by atoms with Crippen molar-refractivity contribution in [3.05, 3.63) is 59.5 Å². The third-order valence-electron chi connectivity index (χ3n) is 5.12. The molecule has 0 aliphatic carbocycles. The van der Waals surface area contributed by atoms with Crippen LogP contribution in [-0.2, 0) is 6.42 Å². The summed E-state index contributed by atoms with van der Waals surface area (Å²) in [5, 5.41) is 19.6. The van der Waals surface area contributed by atoms with E-state index in [1.54, 1.807) is 32.5 Å². The molecule has 2 heterocycles. The molecule has 2 atom stereocenters. The van der Waals surface area contributed by atoms with Crippen molar-refractivity contribution < 1.29 is 23.8 Å². The Morgan fingerprint density at radius 1 is 1.06 bits per heavy atom. The standard InChI is InChI=1S/C24H26N2O5S/c1-15(27)24(25-12-10-16-4-9-19(28-2)21(14-16)29-3)30-18-7-5-17(6-8-18)22-23-20(31-26-22)11-13-32-23/h4-9,11,13-15,24-25,27H,10,12H2,1-3H3. The second-order valence-corrected chi connectivity index (χ2v) is 8.26. The molecule has 168 valence electrons. The second kappa shape index (κ2) is 10.0. The van der Waals surface area contributed by atoms with Crippen LogP contribution >= 0.6 is 11.3 Å². The van der Waals surface area contributed by atoms with Crippen LogP contribution in [0.25, 0.3) is 21.5 Å². The molecule has 4 aromatic rings. The summed E-state index contributed by atoms with van der Waals surface area (Å²) in [6, 6.07) is 15.4. The first-order chi connectivity index (χ1) is 15.6. The van der Waals surface area contributed by atoms with Gasteiger partial charge in [-0.05, 0) is 66.8 Å². The van der Waals surface area contributed by atoms with Crippen LogP contribution in [0.2, 0.25) is 0 Å². The van der Waals surface area contributed by atoms with Gasteiger partial charge in [0.15, 0.2) is 23.3 Å². The highest BCUT2D eigenvalue weighted by Crippen LogP contribution is 2.33. The molecule has 7 nitrogen and oxygen atoms in total. The molecular formula is C24H26N2O5S. The van der Waals surface area contributed by atoms with Gasteiger partial charge in [-0.2, -0.15) is 0 Å². The average Bonchev–Trinajstić information content (AvgIpc) is 3.43. The zero-order valence-electron chi connectivity index (χ0n) is 18.2. The van der Waals surface area contributed by atoms with Gasteiger partial charge in [0.25, 0.3) is 0 Å². The van der Waals surface area contributed by atoms with Gasteiger partial charge in [-0.25, -0.2) is 0 Å². The van der Waals surface area contributed by atoms with Gasteiger partial charge in [0.2, 0.25) is 0 Å². The summed E-state index contributed by atoms with van der Waals surface area (Å²) >= 11 is 1.60. The summed E-state index contributed by atoms with van der Waals surface area (Å²) < 4.78 is 23.0. The van der Waals surface area contributed by atoms with Gasteiger partial charge in [-0.3, -0.25) is 5.32 Å². The third kappa shape index (κ3) is 4.88. The van der Waals surface area contributed by atoms with Crippen LogP contribution in [-0.4, -0.2) is 43.4 Å². The van der Waals surface area contributed by atoms with Crippen molar-refractivity contribution >= 4 is 21.6 Å². The molecule has 2 aromatic carbocycles. The topological polar surface area (TPSA) is 86.0 Å². The number of nitrogens with zero attached hydrogens (tertiary/aromatic N) is 1. The van der Waals surface area contributed by atoms with Crippen LogP contribution in [0.3, 0.4) is 0 Å². The molecule has 2 N–H and O–H groups in total. The number of thiophene rings is 1. The van der Waals surface area contributed by atoms with Crippen molar-refractivity contribution in [1.82, 2.24) is 10.5 Å². The first-order valence-electron chi connectivity index (χ1n) is 10.3. The van der Waals surface area contributed by atoms with Crippen molar-refractivity contribution in [3.63, 3.8) is 0 Å². The zero-order valence-corrected chi connectivity index (χ0v) is 19.0. The largest absolute Gasteiger partial charge is 0.493 e. The minimum absolute atomic E-state index is 0.544. The first-order valence-corrected chi connectivity index (χ1v) is 11.2. The average molecular weight is 455 g/mol. The Morgan fingerprint density at radius 3 is 2.56 bits per heavy atom. The van der Waals surface area contributed by atoms with Crippen LogP contribution in [0, 0.1) is 0 Å². The van der Waals surface area contributed by atoms with E-state index in [0.717, 1.165) is 33.5 Å². The number of nitrogens with one attached hydrogen (secondary N) is 1. The van der Waals surface area contributed by atoms with Crippen LogP contribution in [0.4, 0.5) is 0 Å². The Labute approximate surface area is 190 Å². The van der Waals surface area contributed by atoms with E-state index in [9.17, 15) is 5.11 Å². The van der Waals surface area contributed by atoms with E-state index in [4.69, 9.17) is 18.7 Å². The number of ether oxygens (including phenoxy) is 3. The Kier molecular flexibility index (Phi) is 6.94. The Morgan fingerprint density at radius 2 is 1.84 bits per heavy atom. The molecule has 4 rings (SSSR count). The molecule has 0 amide bonds. The molecular weight excluding hydrogens is 428 g/mol. The molecule has 0 fully saturated rings. The summed E-state index contributed by atoms with van der Waals surface area (Å²) in [4.78, 5) is 0. The van der Waals surface area contributed by atoms with Crippen LogP contribution in [0.5, 0.6) is 17.2 Å². The Hall–Kier alpha value is -3.07. The molecule has 0 spiro atoms. The maximum atomic E-state index is 10.2. The number of aliphatic hydroxyl groups is 1. The maximum Gasteiger partial charge on any atom is 0.178 e. The van der Waals surface area contributed by atoms with Gasteiger partial charge >= 0.3 is 0 Å². The van der Waals surface area contributed by atoms with E-state index in [0.29, 0.717) is 23.8 Å². The van der Waals surface area contributed by atoms with Crippen molar-refractivity contribution in [2.24, 2.45) is 0 Å². The van der Waals surface area contributed by atoms with Crippen molar-refractivity contribution in [2.75, 3.05) is 20.8 Å². The highest BCUT2D eigenvalue weighted by atomic mass is 32.1. The zero-order chi connectivity index (χ0) is 22.5. The van der Waals surface area contributed by atoms with Crippen molar-refractivity contribution in [2.45, 2.75) is 25.7 Å². The lowest BCUT2D eigenvalue weighted by molar-refractivity contribution is 0.0274. The van der Waals surface area contributed by atoms with Gasteiger partial charge in [-0.1, -0.05) is 11.2 Å². The predicted molar refractivity (Wildman–Crippen MR) is 125 cm³/mol. The Balaban J connectivity index is 1.37. The third-order valence-corrected chi connectivity index (χ3v) is 6.02. The van der Waals surface area contributed by atoms with Crippen LogP contribution in [0.1, 0.15) is 12.5 Å². The van der Waals surface area contributed by atoms with E-state index < -0.39 is 12.3 Å². The highest BCUT2D eigenvalue weighted by Gasteiger charge is 2.17. The lowest BCUT2D eigenvalue weighted by Crippen LogP contribution is -2.43. The molecule has 0 aliphatic heterocycles. The van der Waals surface area contributed by atoms with Gasteiger partial charge in [-0.15, -0.1) is 11.3 Å². The summed E-state index contributed by atoms with van der Waals surface area (Å²) in [6.07, 6.45) is -0.493. The number of fused-ring (bicyclic) bond motifs is 1. The van der Waals surface area contributed by atoms with E-state index >= 15 is 0 Å². The molecule has 0 bridgehead atoms. The normalized spacial score (nSPS) is 13.1. The summed E-state index contributed by atoms with van der Waals surface area (Å²) in [5.74, 6) is 2.05. The summed E-state index contributed by atoms with van der Waals surface area (Å²) in [6.45, 7) is 2.32. The number of hydrogen-bond acceptors (Lipinski definition) is 8. The lowest BCUT2D eigenvalue weighted by Gasteiger charge is -2.23. The number of methoxy groups -OCH3 is 2. The number of aliphatic hydroxyl groups excluding tert-OH is 1. The number of hydrogen-bond donors (Lipinski definition) is 2. The molecule has 0 radical (unpaired) electrons. The monoisotopic (exact) mass is 454 g/mol. The molecule has 2 aromatic heterocycles. The van der Waals surface area contributed by atoms with Gasteiger partial charge < -0.3 is 23.8 Å². The summed E-state index contributed by atoms with van der Waals surface area (Å²) in [5.41, 5.74) is 3.66. The van der Waals surface area contributed by atoms with E-state index in [2.05, 4.69) is 10.5 Å². The van der Waals surface area contributed by atoms with Crippen molar-refractivity contribution in [1.29, 1.82) is 0 Å². The number of rotatable bonds is 10. The molecule has 0 saturated heterocycles. The lowest BCUT2D eigenvalue weighted by atomic mass is 10.1. The van der Waals surface area contributed by atoms with Gasteiger partial charge in [0.05, 0.1) is 14.2 Å². The maximum absolute atomic E-state index is 10.2. The highest BCUT2D eigenvalue weighted by molar-refractivity contribution is 7.17. The van der Waals surface area contributed by atoms with E-state index in [1.165, 1.54) is 0 Å². The fourth-order valence-corrected chi connectivity index (χ4v) is 4.22. The molecule has 0 aliphatic rings. The van der Waals surface area contributed by atoms with E-state index in [-0.39, 0.29) is 0 Å². The van der Waals surface area contributed by atoms with Crippen molar-refractivity contribution in [3.8, 4) is 28.5 Å². The quantitative estimate of drug-likeness (QED) is 0.342. The fraction of sp³-hybridized carbons (Fsp3) is 0.292. The molecule has 8 heteroatoms. The predicted octanol–water partition coefficient (Wildman–Crippen LogP) is 4.49. The molecule has 0 saturated carbocycles. The smallest absolute Gasteiger partial charge is 0.178 e. The van der Waals surface area contributed by atoms with E-state index in [1.807, 2.05) is 53.9 Å². The minimum Gasteiger partial charge on any atom is -0.493 e. The number of benzene rings is 2. The SMILES string of the molecule is COc1ccc(CCNC(Oc2ccc(-c3noc4ccsc34)cc2)C(C)O)cc1OC.